The molecule has 242 valence electrons. The van der Waals surface area contributed by atoms with Crippen molar-refractivity contribution in [1.29, 1.82) is 0 Å². The fourth-order valence-corrected chi connectivity index (χ4v) is 4.37. The Kier molecular flexibility index (Phi) is 14.8. The Bertz CT molecular complexity index is 1490. The number of rotatable bonds is 18. The van der Waals surface area contributed by atoms with Crippen molar-refractivity contribution in [2.45, 2.75) is 33.1 Å². The van der Waals surface area contributed by atoms with Crippen molar-refractivity contribution in [2.75, 3.05) is 44.6 Å². The number of amides is 3. The van der Waals surface area contributed by atoms with E-state index in [2.05, 4.69) is 51.5 Å². The molecule has 0 aliphatic heterocycles. The van der Waals surface area contributed by atoms with Gasteiger partial charge in [0.05, 0.1) is 18.0 Å². The minimum Gasteiger partial charge on any atom is -0.462 e. The number of nitrogens with zero attached hydrogens (tertiary/aromatic N) is 3. The molecular formula is C35H42N6O5. The minimum atomic E-state index is -0.537. The summed E-state index contributed by atoms with van der Waals surface area (Å²) in [6.45, 7) is 11.3. The second kappa shape index (κ2) is 19.3. The molecule has 0 saturated heterocycles. The first-order valence-electron chi connectivity index (χ1n) is 15.4. The van der Waals surface area contributed by atoms with Gasteiger partial charge in [-0.2, -0.15) is 10.2 Å². The van der Waals surface area contributed by atoms with E-state index in [-0.39, 0.29) is 35.9 Å². The highest BCUT2D eigenvalue weighted by Gasteiger charge is 2.15. The van der Waals surface area contributed by atoms with E-state index in [1.807, 2.05) is 30.3 Å². The summed E-state index contributed by atoms with van der Waals surface area (Å²) in [6, 6.07) is 20.4. The summed E-state index contributed by atoms with van der Waals surface area (Å²) < 4.78 is 4.93. The van der Waals surface area contributed by atoms with Gasteiger partial charge in [0.25, 0.3) is 17.7 Å². The number of hydrogen-bond acceptors (Lipinski definition) is 8. The second-order valence-corrected chi connectivity index (χ2v) is 10.3. The number of nitrogens with one attached hydrogen (secondary N) is 3. The van der Waals surface area contributed by atoms with Crippen molar-refractivity contribution in [3.63, 3.8) is 0 Å². The molecule has 0 spiro atoms. The smallest absolute Gasteiger partial charge is 0.330 e. The lowest BCUT2D eigenvalue weighted by Crippen LogP contribution is -2.28. The number of carbonyl (C=O) groups is 4. The van der Waals surface area contributed by atoms with Crippen LogP contribution >= 0.6 is 0 Å². The van der Waals surface area contributed by atoms with Gasteiger partial charge in [0.1, 0.15) is 0 Å². The van der Waals surface area contributed by atoms with E-state index in [1.165, 1.54) is 18.2 Å². The van der Waals surface area contributed by atoms with Crippen LogP contribution in [0.1, 0.15) is 64.2 Å². The highest BCUT2D eigenvalue weighted by molar-refractivity contribution is 6.07. The molecule has 0 aromatic heterocycles. The third-order valence-electron chi connectivity index (χ3n) is 6.98. The predicted octanol–water partition coefficient (Wildman–Crippen LogP) is 6.06. The highest BCUT2D eigenvalue weighted by atomic mass is 16.5. The van der Waals surface area contributed by atoms with E-state index in [4.69, 9.17) is 4.74 Å². The van der Waals surface area contributed by atoms with Gasteiger partial charge in [0.15, 0.2) is 0 Å². The zero-order chi connectivity index (χ0) is 33.1. The maximum Gasteiger partial charge on any atom is 0.330 e. The van der Waals surface area contributed by atoms with E-state index in [0.717, 1.165) is 38.6 Å². The molecule has 0 radical (unpaired) electrons. The third kappa shape index (κ3) is 12.1. The Morgan fingerprint density at radius 2 is 1.33 bits per heavy atom. The zero-order valence-corrected chi connectivity index (χ0v) is 26.5. The van der Waals surface area contributed by atoms with Gasteiger partial charge in [-0.15, -0.1) is 0 Å². The number of hydrogen-bond donors (Lipinski definition) is 3. The Balaban J connectivity index is 1.68. The number of ether oxygens (including phenoxy) is 1. The molecule has 0 aliphatic rings. The average molecular weight is 627 g/mol. The van der Waals surface area contributed by atoms with Gasteiger partial charge in [-0.25, -0.2) is 4.79 Å². The molecule has 11 nitrogen and oxygen atoms in total. The Morgan fingerprint density at radius 1 is 0.739 bits per heavy atom. The molecule has 46 heavy (non-hydrogen) atoms. The normalized spacial score (nSPS) is 10.8. The number of azo groups is 1. The van der Waals surface area contributed by atoms with Gasteiger partial charge in [0.2, 0.25) is 0 Å². The SMILES string of the molecule is C=CC(=O)OCCCNC(=O)c1cc(NC(=O)c2ccc(N=Nc3ccccc3)cc2)cc(C(=O)NCCCCN(CC)CC)c1. The summed E-state index contributed by atoms with van der Waals surface area (Å²) in [5.74, 6) is -1.74. The zero-order valence-electron chi connectivity index (χ0n) is 26.5. The Labute approximate surface area is 270 Å². The van der Waals surface area contributed by atoms with E-state index in [9.17, 15) is 19.2 Å². The maximum atomic E-state index is 13.1. The van der Waals surface area contributed by atoms with Crippen LogP contribution in [0.2, 0.25) is 0 Å². The van der Waals surface area contributed by atoms with Gasteiger partial charge in [-0.1, -0.05) is 38.6 Å². The van der Waals surface area contributed by atoms with Gasteiger partial charge >= 0.3 is 5.97 Å². The van der Waals surface area contributed by atoms with Gasteiger partial charge in [0, 0.05) is 41.5 Å². The molecule has 3 N–H and O–H groups in total. The van der Waals surface area contributed by atoms with Gasteiger partial charge in [-0.3, -0.25) is 14.4 Å². The van der Waals surface area contributed by atoms with Crippen LogP contribution in [0.25, 0.3) is 0 Å². The highest BCUT2D eigenvalue weighted by Crippen LogP contribution is 2.20. The molecule has 3 aromatic rings. The van der Waals surface area contributed by atoms with Crippen LogP contribution in [0, 0.1) is 0 Å². The number of unbranched alkanes of at least 4 members (excludes halogenated alkanes) is 1. The molecular weight excluding hydrogens is 584 g/mol. The molecule has 3 rings (SSSR count). The van der Waals surface area contributed by atoms with Crippen LogP contribution in [0.4, 0.5) is 17.1 Å². The van der Waals surface area contributed by atoms with Gasteiger partial charge < -0.3 is 25.6 Å². The van der Waals surface area contributed by atoms with E-state index < -0.39 is 17.8 Å². The molecule has 3 amide bonds. The van der Waals surface area contributed by atoms with Crippen LogP contribution in [-0.4, -0.2) is 67.9 Å². The summed E-state index contributed by atoms with van der Waals surface area (Å²) in [5, 5.41) is 16.8. The largest absolute Gasteiger partial charge is 0.462 e. The van der Waals surface area contributed by atoms with Crippen LogP contribution in [0.3, 0.4) is 0 Å². The number of benzene rings is 3. The summed E-state index contributed by atoms with van der Waals surface area (Å²) in [6.07, 6.45) is 3.22. The van der Waals surface area contributed by atoms with Gasteiger partial charge in [-0.05, 0) is 93.5 Å². The van der Waals surface area contributed by atoms with Crippen LogP contribution in [0.5, 0.6) is 0 Å². The van der Waals surface area contributed by atoms with Crippen molar-refractivity contribution in [2.24, 2.45) is 10.2 Å². The summed E-state index contributed by atoms with van der Waals surface area (Å²) in [4.78, 5) is 52.7. The molecule has 0 aliphatic carbocycles. The fourth-order valence-electron chi connectivity index (χ4n) is 4.37. The molecule has 11 heteroatoms. The van der Waals surface area contributed by atoms with Crippen molar-refractivity contribution in [1.82, 2.24) is 15.5 Å². The first-order valence-corrected chi connectivity index (χ1v) is 15.4. The summed E-state index contributed by atoms with van der Waals surface area (Å²) >= 11 is 0. The number of carbonyl (C=O) groups excluding carboxylic acids is 4. The molecule has 0 heterocycles. The first kappa shape index (κ1) is 35.3. The van der Waals surface area contributed by atoms with Crippen LogP contribution in [-0.2, 0) is 9.53 Å². The van der Waals surface area contributed by atoms with Crippen LogP contribution in [0.15, 0.2) is 95.7 Å². The van der Waals surface area contributed by atoms with E-state index in [0.29, 0.717) is 29.9 Å². The van der Waals surface area contributed by atoms with E-state index in [1.54, 1.807) is 24.3 Å². The molecule has 0 unspecified atom stereocenters. The molecule has 0 atom stereocenters. The maximum absolute atomic E-state index is 13.1. The topological polar surface area (TPSA) is 142 Å². The quantitative estimate of drug-likeness (QED) is 0.0679. The monoisotopic (exact) mass is 626 g/mol. The fraction of sp³-hybridized carbons (Fsp3) is 0.314. The van der Waals surface area contributed by atoms with Crippen molar-refractivity contribution < 1.29 is 23.9 Å². The molecule has 3 aromatic carbocycles. The van der Waals surface area contributed by atoms with Crippen molar-refractivity contribution >= 4 is 40.8 Å². The van der Waals surface area contributed by atoms with Crippen molar-refractivity contribution in [3.8, 4) is 0 Å². The average Bonchev–Trinajstić information content (AvgIpc) is 3.08. The number of anilines is 1. The third-order valence-corrected chi connectivity index (χ3v) is 6.98. The lowest BCUT2D eigenvalue weighted by molar-refractivity contribution is -0.137. The molecule has 0 fully saturated rings. The lowest BCUT2D eigenvalue weighted by atomic mass is 10.1. The first-order chi connectivity index (χ1) is 22.3. The standard InChI is InChI=1S/C35H42N6O5/c1-4-32(42)46-22-12-20-37-34(44)28-23-27(33(43)36-19-10-11-21-41(5-2)6-3)24-31(25-28)38-35(45)26-15-17-30(18-16-26)40-39-29-13-8-7-9-14-29/h4,7-9,13-18,23-25H,1,5-6,10-12,19-22H2,2-3H3,(H,36,43)(H,37,44)(H,38,45). The molecule has 0 saturated carbocycles. The summed E-state index contributed by atoms with van der Waals surface area (Å²) in [5.41, 5.74) is 2.38. The lowest BCUT2D eigenvalue weighted by Gasteiger charge is -2.17. The summed E-state index contributed by atoms with van der Waals surface area (Å²) in [7, 11) is 0. The number of esters is 1. The second-order valence-electron chi connectivity index (χ2n) is 10.3. The minimum absolute atomic E-state index is 0.121. The van der Waals surface area contributed by atoms with Crippen LogP contribution < -0.4 is 16.0 Å². The van der Waals surface area contributed by atoms with Crippen molar-refractivity contribution in [3.05, 3.63) is 102 Å². The molecule has 0 bridgehead atoms. The Morgan fingerprint density at radius 3 is 1.91 bits per heavy atom. The Hall–Kier alpha value is -5.16. The van der Waals surface area contributed by atoms with E-state index >= 15 is 0 Å². The predicted molar refractivity (Wildman–Crippen MR) is 179 cm³/mol.